The first-order valence-corrected chi connectivity index (χ1v) is 10.0. The maximum atomic E-state index is 13.3. The molecule has 2 aliphatic heterocycles. The van der Waals surface area contributed by atoms with Crippen LogP contribution >= 0.6 is 0 Å². The number of amides is 2. The molecule has 0 atom stereocenters. The molecule has 2 aromatic carbocycles. The van der Waals surface area contributed by atoms with Crippen LogP contribution in [0.5, 0.6) is 0 Å². The van der Waals surface area contributed by atoms with Gasteiger partial charge in [-0.3, -0.25) is 14.5 Å². The summed E-state index contributed by atoms with van der Waals surface area (Å²) in [6.45, 7) is 3.07. The van der Waals surface area contributed by atoms with Crippen molar-refractivity contribution in [2.75, 3.05) is 31.2 Å². The summed E-state index contributed by atoms with van der Waals surface area (Å²) in [5.41, 5.74) is 2.43. The average Bonchev–Trinajstić information content (AvgIpc) is 2.73. The van der Waals surface area contributed by atoms with Gasteiger partial charge in [0, 0.05) is 46.7 Å². The van der Waals surface area contributed by atoms with Crippen molar-refractivity contribution >= 4 is 28.3 Å². The van der Waals surface area contributed by atoms with Crippen molar-refractivity contribution in [3.8, 4) is 0 Å². The minimum atomic E-state index is -0.121. The molecule has 3 aliphatic rings. The van der Waals surface area contributed by atoms with Gasteiger partial charge in [-0.1, -0.05) is 31.4 Å². The largest absolute Gasteiger partial charge is 0.378 e. The van der Waals surface area contributed by atoms with Gasteiger partial charge in [0.25, 0.3) is 11.8 Å². The molecule has 0 N–H and O–H groups in total. The topological polar surface area (TPSA) is 49.9 Å². The number of nitrogens with zero attached hydrogens (tertiary/aromatic N) is 2. The molecule has 0 unspecified atom stereocenters. The van der Waals surface area contributed by atoms with Crippen LogP contribution in [0.3, 0.4) is 0 Å². The Hall–Kier alpha value is -2.40. The summed E-state index contributed by atoms with van der Waals surface area (Å²) in [5, 5.41) is 1.82. The minimum Gasteiger partial charge on any atom is -0.378 e. The highest BCUT2D eigenvalue weighted by Gasteiger charge is 2.38. The Morgan fingerprint density at radius 1 is 0.852 bits per heavy atom. The third kappa shape index (κ3) is 2.64. The van der Waals surface area contributed by atoms with Gasteiger partial charge >= 0.3 is 0 Å². The summed E-state index contributed by atoms with van der Waals surface area (Å²) in [4.78, 5) is 30.4. The lowest BCUT2D eigenvalue weighted by atomic mass is 9.88. The zero-order valence-corrected chi connectivity index (χ0v) is 15.4. The predicted octanol–water partition coefficient (Wildman–Crippen LogP) is 3.61. The molecular weight excluding hydrogens is 340 g/mol. The van der Waals surface area contributed by atoms with Crippen molar-refractivity contribution < 1.29 is 14.3 Å². The van der Waals surface area contributed by atoms with Gasteiger partial charge in [0.2, 0.25) is 0 Å². The number of carbonyl (C=O) groups is 2. The van der Waals surface area contributed by atoms with Gasteiger partial charge in [-0.25, -0.2) is 0 Å². The number of hydrogen-bond donors (Lipinski definition) is 0. The molecule has 0 bridgehead atoms. The van der Waals surface area contributed by atoms with Crippen molar-refractivity contribution in [3.63, 3.8) is 0 Å². The minimum absolute atomic E-state index is 0.0427. The molecule has 2 heterocycles. The Bertz CT molecular complexity index is 889. The van der Waals surface area contributed by atoms with Crippen molar-refractivity contribution in [3.05, 3.63) is 41.5 Å². The highest BCUT2D eigenvalue weighted by Crippen LogP contribution is 2.38. The molecule has 5 nitrogen and oxygen atoms in total. The van der Waals surface area contributed by atoms with Crippen molar-refractivity contribution in [1.82, 2.24) is 4.90 Å². The fraction of sp³-hybridized carbons (Fsp3) is 0.455. The van der Waals surface area contributed by atoms with E-state index in [0.29, 0.717) is 24.3 Å². The standard InChI is InChI=1S/C22H24N2O3/c25-21-17-8-4-7-16-19(23-11-13-27-14-12-23)10-9-18(20(16)17)22(26)24(21)15-5-2-1-3-6-15/h4,7-10,15H,1-3,5-6,11-14H2. The van der Waals surface area contributed by atoms with Gasteiger partial charge in [0.1, 0.15) is 0 Å². The number of anilines is 1. The van der Waals surface area contributed by atoms with E-state index < -0.39 is 0 Å². The quantitative estimate of drug-likeness (QED) is 0.764. The van der Waals surface area contributed by atoms with Crippen LogP contribution in [0.4, 0.5) is 5.69 Å². The summed E-state index contributed by atoms with van der Waals surface area (Å²) in [5.74, 6) is -0.242. The third-order valence-electron chi connectivity index (χ3n) is 6.21. The molecule has 2 aromatic rings. The monoisotopic (exact) mass is 364 g/mol. The number of benzene rings is 2. The Morgan fingerprint density at radius 3 is 2.30 bits per heavy atom. The number of imide groups is 1. The van der Waals surface area contributed by atoms with E-state index in [4.69, 9.17) is 4.74 Å². The van der Waals surface area contributed by atoms with E-state index >= 15 is 0 Å². The Kier molecular flexibility index (Phi) is 4.12. The van der Waals surface area contributed by atoms with E-state index in [1.807, 2.05) is 30.3 Å². The van der Waals surface area contributed by atoms with E-state index in [2.05, 4.69) is 4.90 Å². The molecule has 5 heteroatoms. The molecule has 1 saturated heterocycles. The number of rotatable bonds is 2. The zero-order chi connectivity index (χ0) is 18.4. The van der Waals surface area contributed by atoms with E-state index in [1.165, 1.54) is 6.42 Å². The number of ether oxygens (including phenoxy) is 1. The van der Waals surface area contributed by atoms with Crippen LogP contribution in [-0.2, 0) is 4.74 Å². The number of carbonyl (C=O) groups excluding carboxylic acids is 2. The van der Waals surface area contributed by atoms with Crippen LogP contribution in [0.2, 0.25) is 0 Å². The Balaban J connectivity index is 1.63. The second kappa shape index (κ2) is 6.64. The van der Waals surface area contributed by atoms with Gasteiger partial charge in [-0.05, 0) is 31.0 Å². The molecule has 0 aromatic heterocycles. The van der Waals surface area contributed by atoms with E-state index in [-0.39, 0.29) is 17.9 Å². The first kappa shape index (κ1) is 16.8. The van der Waals surface area contributed by atoms with E-state index in [0.717, 1.165) is 55.2 Å². The SMILES string of the molecule is O=C1c2cccc3c(N4CCOCC4)ccc(c23)C(=O)N1C1CCCCC1. The molecule has 2 amide bonds. The van der Waals surface area contributed by atoms with Gasteiger partial charge < -0.3 is 9.64 Å². The molecule has 27 heavy (non-hydrogen) atoms. The van der Waals surface area contributed by atoms with Gasteiger partial charge in [-0.2, -0.15) is 0 Å². The Morgan fingerprint density at radius 2 is 1.56 bits per heavy atom. The van der Waals surface area contributed by atoms with Crippen LogP contribution in [0.25, 0.3) is 10.8 Å². The van der Waals surface area contributed by atoms with Crippen LogP contribution in [0.15, 0.2) is 30.3 Å². The maximum absolute atomic E-state index is 13.3. The second-order valence-corrected chi connectivity index (χ2v) is 7.73. The smallest absolute Gasteiger partial charge is 0.261 e. The first-order valence-electron chi connectivity index (χ1n) is 10.0. The summed E-state index contributed by atoms with van der Waals surface area (Å²) < 4.78 is 5.47. The molecule has 1 saturated carbocycles. The molecule has 0 radical (unpaired) electrons. The fourth-order valence-corrected chi connectivity index (χ4v) is 4.85. The second-order valence-electron chi connectivity index (χ2n) is 7.73. The number of morpholine rings is 1. The summed E-state index contributed by atoms with van der Waals surface area (Å²) in [6, 6.07) is 9.85. The highest BCUT2D eigenvalue weighted by atomic mass is 16.5. The molecular formula is C22H24N2O3. The van der Waals surface area contributed by atoms with Gasteiger partial charge in [-0.15, -0.1) is 0 Å². The van der Waals surface area contributed by atoms with E-state index in [1.54, 1.807) is 4.90 Å². The van der Waals surface area contributed by atoms with Gasteiger partial charge in [0.05, 0.1) is 13.2 Å². The summed E-state index contributed by atoms with van der Waals surface area (Å²) in [7, 11) is 0. The Labute approximate surface area is 158 Å². The van der Waals surface area contributed by atoms with Crippen LogP contribution in [-0.4, -0.2) is 49.1 Å². The van der Waals surface area contributed by atoms with Gasteiger partial charge in [0.15, 0.2) is 0 Å². The molecule has 2 fully saturated rings. The van der Waals surface area contributed by atoms with Crippen molar-refractivity contribution in [1.29, 1.82) is 0 Å². The molecule has 1 aliphatic carbocycles. The highest BCUT2D eigenvalue weighted by molar-refractivity contribution is 6.27. The van der Waals surface area contributed by atoms with Crippen molar-refractivity contribution in [2.45, 2.75) is 38.1 Å². The fourth-order valence-electron chi connectivity index (χ4n) is 4.85. The van der Waals surface area contributed by atoms with Crippen molar-refractivity contribution in [2.24, 2.45) is 0 Å². The average molecular weight is 364 g/mol. The predicted molar refractivity (Wildman–Crippen MR) is 104 cm³/mol. The summed E-state index contributed by atoms with van der Waals surface area (Å²) >= 11 is 0. The van der Waals surface area contributed by atoms with Crippen LogP contribution < -0.4 is 4.90 Å². The molecule has 0 spiro atoms. The maximum Gasteiger partial charge on any atom is 0.261 e. The first-order chi connectivity index (χ1) is 13.3. The third-order valence-corrected chi connectivity index (χ3v) is 6.21. The van der Waals surface area contributed by atoms with Crippen LogP contribution in [0.1, 0.15) is 52.8 Å². The molecule has 5 rings (SSSR count). The lowest BCUT2D eigenvalue weighted by Crippen LogP contribution is -2.47. The normalized spacial score (nSPS) is 21.2. The molecule has 140 valence electrons. The lowest BCUT2D eigenvalue weighted by molar-refractivity contribution is 0.0503. The lowest BCUT2D eigenvalue weighted by Gasteiger charge is -2.36. The zero-order valence-electron chi connectivity index (χ0n) is 15.4. The van der Waals surface area contributed by atoms with Crippen LogP contribution in [0, 0.1) is 0 Å². The number of hydrogen-bond acceptors (Lipinski definition) is 4. The summed E-state index contributed by atoms with van der Waals surface area (Å²) in [6.07, 6.45) is 5.23. The van der Waals surface area contributed by atoms with E-state index in [9.17, 15) is 9.59 Å².